The summed E-state index contributed by atoms with van der Waals surface area (Å²) < 4.78 is 27.7. The largest absolute Gasteiger partial charge is 0.330 e. The summed E-state index contributed by atoms with van der Waals surface area (Å²) in [6.45, 7) is 5.43. The molecule has 1 heterocycles. The maximum Gasteiger partial charge on any atom is 0.130 e. The molecular weight excluding hydrogens is 246 g/mol. The van der Waals surface area contributed by atoms with Gasteiger partial charge in [0.2, 0.25) is 0 Å². The molecule has 0 aromatic heterocycles. The molecule has 0 amide bonds. The first-order chi connectivity index (χ1) is 9.04. The van der Waals surface area contributed by atoms with E-state index in [1.54, 1.807) is 0 Å². The van der Waals surface area contributed by atoms with Crippen LogP contribution in [0.3, 0.4) is 0 Å². The van der Waals surface area contributed by atoms with Crippen molar-refractivity contribution in [3.05, 3.63) is 35.4 Å². The van der Waals surface area contributed by atoms with E-state index in [2.05, 4.69) is 11.8 Å². The van der Waals surface area contributed by atoms with Gasteiger partial charge in [-0.25, -0.2) is 8.78 Å². The van der Waals surface area contributed by atoms with Gasteiger partial charge in [0.25, 0.3) is 0 Å². The van der Waals surface area contributed by atoms with Crippen molar-refractivity contribution in [2.75, 3.05) is 13.1 Å². The van der Waals surface area contributed by atoms with E-state index in [1.807, 2.05) is 6.92 Å². The number of rotatable bonds is 3. The number of nitrogens with zero attached hydrogens (tertiary/aromatic N) is 1. The molecule has 3 unspecified atom stereocenters. The van der Waals surface area contributed by atoms with Crippen LogP contribution < -0.4 is 5.73 Å². The number of halogens is 2. The fourth-order valence-electron chi connectivity index (χ4n) is 3.02. The Morgan fingerprint density at radius 3 is 2.53 bits per heavy atom. The lowest BCUT2D eigenvalue weighted by molar-refractivity contribution is 0.0779. The lowest BCUT2D eigenvalue weighted by Gasteiger charge is -2.41. The maximum atomic E-state index is 13.9. The second-order valence-corrected chi connectivity index (χ2v) is 5.54. The predicted octanol–water partition coefficient (Wildman–Crippen LogP) is 3.09. The number of benzene rings is 1. The average Bonchev–Trinajstić information content (AvgIpc) is 2.39. The average molecular weight is 268 g/mol. The van der Waals surface area contributed by atoms with Gasteiger partial charge in [-0.05, 0) is 51.3 Å². The highest BCUT2D eigenvalue weighted by Crippen LogP contribution is 2.32. The third-order valence-electron chi connectivity index (χ3n) is 4.28. The molecule has 2 rings (SSSR count). The summed E-state index contributed by atoms with van der Waals surface area (Å²) in [5.74, 6) is -0.502. The first-order valence-corrected chi connectivity index (χ1v) is 6.94. The standard InChI is InChI=1S/C15H22F2N2/c1-10-6-7-12(8-18)9-19(10)11(2)15-13(16)4-3-5-14(15)17/h3-5,10-12H,6-9,18H2,1-2H3. The summed E-state index contributed by atoms with van der Waals surface area (Å²) in [5, 5.41) is 0. The van der Waals surface area contributed by atoms with Crippen LogP contribution in [0.15, 0.2) is 18.2 Å². The molecule has 1 fully saturated rings. The normalized spacial score (nSPS) is 26.4. The van der Waals surface area contributed by atoms with Gasteiger partial charge in [-0.15, -0.1) is 0 Å². The van der Waals surface area contributed by atoms with Gasteiger partial charge in [-0.3, -0.25) is 4.90 Å². The van der Waals surface area contributed by atoms with E-state index in [1.165, 1.54) is 18.2 Å². The van der Waals surface area contributed by atoms with Gasteiger partial charge in [-0.2, -0.15) is 0 Å². The van der Waals surface area contributed by atoms with Crippen LogP contribution in [0.2, 0.25) is 0 Å². The van der Waals surface area contributed by atoms with Crippen molar-refractivity contribution in [1.82, 2.24) is 4.90 Å². The highest BCUT2D eigenvalue weighted by Gasteiger charge is 2.31. The Kier molecular flexibility index (Phi) is 4.53. The van der Waals surface area contributed by atoms with Crippen molar-refractivity contribution in [2.45, 2.75) is 38.8 Å². The van der Waals surface area contributed by atoms with Gasteiger partial charge in [-0.1, -0.05) is 6.07 Å². The number of likely N-dealkylation sites (tertiary alicyclic amines) is 1. The van der Waals surface area contributed by atoms with Crippen molar-refractivity contribution in [3.63, 3.8) is 0 Å². The van der Waals surface area contributed by atoms with Crippen LogP contribution in [0.1, 0.15) is 38.3 Å². The van der Waals surface area contributed by atoms with Gasteiger partial charge >= 0.3 is 0 Å². The second kappa shape index (κ2) is 5.97. The molecule has 0 radical (unpaired) electrons. The zero-order valence-electron chi connectivity index (χ0n) is 11.6. The van der Waals surface area contributed by atoms with Crippen LogP contribution in [-0.4, -0.2) is 24.0 Å². The third-order valence-corrected chi connectivity index (χ3v) is 4.28. The molecule has 4 heteroatoms. The van der Waals surface area contributed by atoms with E-state index < -0.39 is 11.6 Å². The van der Waals surface area contributed by atoms with Crippen LogP contribution in [-0.2, 0) is 0 Å². The van der Waals surface area contributed by atoms with Crippen LogP contribution in [0.25, 0.3) is 0 Å². The smallest absolute Gasteiger partial charge is 0.130 e. The van der Waals surface area contributed by atoms with Crippen molar-refractivity contribution in [3.8, 4) is 0 Å². The fourth-order valence-corrected chi connectivity index (χ4v) is 3.02. The minimum Gasteiger partial charge on any atom is -0.330 e. The van der Waals surface area contributed by atoms with Crippen molar-refractivity contribution in [2.24, 2.45) is 11.7 Å². The van der Waals surface area contributed by atoms with E-state index in [4.69, 9.17) is 5.73 Å². The van der Waals surface area contributed by atoms with E-state index >= 15 is 0 Å². The van der Waals surface area contributed by atoms with E-state index in [0.29, 0.717) is 18.5 Å². The highest BCUT2D eigenvalue weighted by molar-refractivity contribution is 5.23. The molecule has 1 aliphatic heterocycles. The second-order valence-electron chi connectivity index (χ2n) is 5.54. The minimum absolute atomic E-state index is 0.173. The quantitative estimate of drug-likeness (QED) is 0.912. The molecule has 106 valence electrons. The topological polar surface area (TPSA) is 29.3 Å². The summed E-state index contributed by atoms with van der Waals surface area (Å²) in [4.78, 5) is 2.17. The van der Waals surface area contributed by atoms with E-state index in [-0.39, 0.29) is 11.6 Å². The van der Waals surface area contributed by atoms with Gasteiger partial charge in [0, 0.05) is 24.2 Å². The van der Waals surface area contributed by atoms with E-state index in [0.717, 1.165) is 19.4 Å². The summed E-state index contributed by atoms with van der Waals surface area (Å²) in [6.07, 6.45) is 2.13. The van der Waals surface area contributed by atoms with Gasteiger partial charge in [0.1, 0.15) is 11.6 Å². The molecule has 2 nitrogen and oxygen atoms in total. The lowest BCUT2D eigenvalue weighted by Crippen LogP contribution is -2.45. The Morgan fingerprint density at radius 2 is 1.95 bits per heavy atom. The molecular formula is C15H22F2N2. The monoisotopic (exact) mass is 268 g/mol. The van der Waals surface area contributed by atoms with Crippen LogP contribution in [0.4, 0.5) is 8.78 Å². The minimum atomic E-state index is -0.463. The van der Waals surface area contributed by atoms with Crippen LogP contribution in [0.5, 0.6) is 0 Å². The first-order valence-electron chi connectivity index (χ1n) is 6.94. The zero-order chi connectivity index (χ0) is 14.0. The van der Waals surface area contributed by atoms with Crippen LogP contribution >= 0.6 is 0 Å². The molecule has 0 spiro atoms. The van der Waals surface area contributed by atoms with E-state index in [9.17, 15) is 8.78 Å². The Labute approximate surface area is 113 Å². The SMILES string of the molecule is CC1CCC(CN)CN1C(C)c1c(F)cccc1F. The summed E-state index contributed by atoms with van der Waals surface area (Å²) in [6, 6.07) is 4.12. The Balaban J connectivity index is 2.24. The third kappa shape index (κ3) is 2.95. The lowest BCUT2D eigenvalue weighted by atomic mass is 9.91. The molecule has 3 atom stereocenters. The number of piperidine rings is 1. The predicted molar refractivity (Wildman–Crippen MR) is 72.7 cm³/mol. The molecule has 0 aliphatic carbocycles. The number of hydrogen-bond donors (Lipinski definition) is 1. The Bertz CT molecular complexity index is 416. The van der Waals surface area contributed by atoms with Gasteiger partial charge in [0.15, 0.2) is 0 Å². The Morgan fingerprint density at radius 1 is 1.32 bits per heavy atom. The molecule has 1 aromatic carbocycles. The molecule has 0 bridgehead atoms. The van der Waals surface area contributed by atoms with Crippen molar-refractivity contribution in [1.29, 1.82) is 0 Å². The fraction of sp³-hybridized carbons (Fsp3) is 0.600. The molecule has 1 saturated heterocycles. The van der Waals surface area contributed by atoms with Gasteiger partial charge in [0.05, 0.1) is 0 Å². The van der Waals surface area contributed by atoms with Crippen molar-refractivity contribution >= 4 is 0 Å². The van der Waals surface area contributed by atoms with Gasteiger partial charge < -0.3 is 5.73 Å². The summed E-state index contributed by atoms with van der Waals surface area (Å²) >= 11 is 0. The van der Waals surface area contributed by atoms with Crippen molar-refractivity contribution < 1.29 is 8.78 Å². The highest BCUT2D eigenvalue weighted by atomic mass is 19.1. The number of nitrogens with two attached hydrogens (primary N) is 1. The zero-order valence-corrected chi connectivity index (χ0v) is 11.6. The number of hydrogen-bond acceptors (Lipinski definition) is 2. The molecule has 2 N–H and O–H groups in total. The molecule has 1 aliphatic rings. The Hall–Kier alpha value is -1.00. The molecule has 0 saturated carbocycles. The van der Waals surface area contributed by atoms with Crippen LogP contribution in [0, 0.1) is 17.6 Å². The molecule has 1 aromatic rings. The summed E-state index contributed by atoms with van der Waals surface area (Å²) in [7, 11) is 0. The molecule has 19 heavy (non-hydrogen) atoms. The summed E-state index contributed by atoms with van der Waals surface area (Å²) in [5.41, 5.74) is 5.91. The first kappa shape index (κ1) is 14.4. The maximum absolute atomic E-state index is 13.9.